The van der Waals surface area contributed by atoms with E-state index in [1.165, 1.54) is 45.1 Å². The fourth-order valence-electron chi connectivity index (χ4n) is 1.50. The summed E-state index contributed by atoms with van der Waals surface area (Å²) >= 11 is 0. The van der Waals surface area contributed by atoms with E-state index in [-0.39, 0.29) is 0 Å². The van der Waals surface area contributed by atoms with E-state index in [0.717, 1.165) is 12.0 Å². The maximum atomic E-state index is 3.58. The van der Waals surface area contributed by atoms with Gasteiger partial charge in [0.25, 0.3) is 0 Å². The van der Waals surface area contributed by atoms with Crippen molar-refractivity contribution in [3.05, 3.63) is 0 Å². The van der Waals surface area contributed by atoms with Gasteiger partial charge in [0.05, 0.1) is 0 Å². The number of unbranched alkanes of at least 4 members (excludes halogenated alkanes) is 2. The predicted molar refractivity (Wildman–Crippen MR) is 54.3 cm³/mol. The van der Waals surface area contributed by atoms with Gasteiger partial charge in [0.15, 0.2) is 0 Å². The standard InChI is InChI=1S/C11H23N/c1-3-4-5-6-10(2)9-12-11-7-8-11/h10-12H,3-9H2,1-2H3. The molecular weight excluding hydrogens is 146 g/mol. The van der Waals surface area contributed by atoms with Crippen LogP contribution in [0.4, 0.5) is 0 Å². The van der Waals surface area contributed by atoms with Gasteiger partial charge in [-0.3, -0.25) is 0 Å². The van der Waals surface area contributed by atoms with Crippen molar-refractivity contribution in [1.82, 2.24) is 5.32 Å². The normalized spacial score (nSPS) is 19.5. The first-order chi connectivity index (χ1) is 5.83. The summed E-state index contributed by atoms with van der Waals surface area (Å²) in [5.74, 6) is 0.886. The molecule has 0 aromatic rings. The van der Waals surface area contributed by atoms with Gasteiger partial charge in [-0.1, -0.05) is 33.1 Å². The van der Waals surface area contributed by atoms with E-state index < -0.39 is 0 Å². The molecule has 72 valence electrons. The van der Waals surface area contributed by atoms with E-state index in [4.69, 9.17) is 0 Å². The van der Waals surface area contributed by atoms with E-state index in [1.807, 2.05) is 0 Å². The molecule has 0 bridgehead atoms. The lowest BCUT2D eigenvalue weighted by Crippen LogP contribution is -2.22. The summed E-state index contributed by atoms with van der Waals surface area (Å²) in [6.07, 6.45) is 8.43. The van der Waals surface area contributed by atoms with Crippen molar-refractivity contribution in [3.8, 4) is 0 Å². The van der Waals surface area contributed by atoms with Crippen molar-refractivity contribution >= 4 is 0 Å². The second-order valence-electron chi connectivity index (χ2n) is 4.28. The summed E-state index contributed by atoms with van der Waals surface area (Å²) in [4.78, 5) is 0. The highest BCUT2D eigenvalue weighted by atomic mass is 14.9. The molecule has 1 heteroatoms. The van der Waals surface area contributed by atoms with Crippen LogP contribution in [0.2, 0.25) is 0 Å². The fraction of sp³-hybridized carbons (Fsp3) is 1.00. The topological polar surface area (TPSA) is 12.0 Å². The Bertz CT molecular complexity index is 108. The number of nitrogens with one attached hydrogen (secondary N) is 1. The first-order valence-corrected chi connectivity index (χ1v) is 5.56. The summed E-state index contributed by atoms with van der Waals surface area (Å²) in [6, 6.07) is 0.888. The number of hydrogen-bond donors (Lipinski definition) is 1. The average molecular weight is 169 g/mol. The molecule has 0 aliphatic heterocycles. The SMILES string of the molecule is CCCCCC(C)CNC1CC1. The lowest BCUT2D eigenvalue weighted by atomic mass is 10.0. The van der Waals surface area contributed by atoms with Gasteiger partial charge >= 0.3 is 0 Å². The lowest BCUT2D eigenvalue weighted by Gasteiger charge is -2.11. The van der Waals surface area contributed by atoms with Crippen molar-refractivity contribution < 1.29 is 0 Å². The smallest absolute Gasteiger partial charge is 0.00683 e. The van der Waals surface area contributed by atoms with Crippen molar-refractivity contribution in [2.75, 3.05) is 6.54 Å². The molecular formula is C11H23N. The number of hydrogen-bond acceptors (Lipinski definition) is 1. The minimum atomic E-state index is 0.886. The highest BCUT2D eigenvalue weighted by Crippen LogP contribution is 2.19. The minimum absolute atomic E-state index is 0.886. The Labute approximate surface area is 76.9 Å². The Hall–Kier alpha value is -0.0400. The van der Waals surface area contributed by atoms with Gasteiger partial charge < -0.3 is 5.32 Å². The number of rotatable bonds is 7. The Morgan fingerprint density at radius 3 is 2.67 bits per heavy atom. The van der Waals surface area contributed by atoms with Crippen LogP contribution in [0, 0.1) is 5.92 Å². The molecule has 0 spiro atoms. The monoisotopic (exact) mass is 169 g/mol. The first kappa shape index (κ1) is 10.0. The van der Waals surface area contributed by atoms with Gasteiger partial charge in [-0.15, -0.1) is 0 Å². The fourth-order valence-corrected chi connectivity index (χ4v) is 1.50. The summed E-state index contributed by atoms with van der Waals surface area (Å²) in [7, 11) is 0. The quantitative estimate of drug-likeness (QED) is 0.578. The Balaban J connectivity index is 1.84. The van der Waals surface area contributed by atoms with E-state index in [2.05, 4.69) is 19.2 Å². The molecule has 1 unspecified atom stereocenters. The van der Waals surface area contributed by atoms with Crippen LogP contribution >= 0.6 is 0 Å². The van der Waals surface area contributed by atoms with Crippen LogP contribution in [0.25, 0.3) is 0 Å². The second-order valence-corrected chi connectivity index (χ2v) is 4.28. The molecule has 1 aliphatic rings. The molecule has 1 saturated carbocycles. The van der Waals surface area contributed by atoms with Gasteiger partial charge in [-0.05, 0) is 31.7 Å². The van der Waals surface area contributed by atoms with Gasteiger partial charge in [0.1, 0.15) is 0 Å². The highest BCUT2D eigenvalue weighted by Gasteiger charge is 2.20. The molecule has 1 rings (SSSR count). The molecule has 0 saturated heterocycles. The molecule has 1 fully saturated rings. The summed E-state index contributed by atoms with van der Waals surface area (Å²) in [6.45, 7) is 5.88. The maximum absolute atomic E-state index is 3.58. The van der Waals surface area contributed by atoms with Crippen LogP contribution in [-0.2, 0) is 0 Å². The van der Waals surface area contributed by atoms with Crippen LogP contribution in [-0.4, -0.2) is 12.6 Å². The Kier molecular flexibility index (Phi) is 4.67. The van der Waals surface area contributed by atoms with Crippen molar-refractivity contribution in [1.29, 1.82) is 0 Å². The second kappa shape index (κ2) is 5.58. The molecule has 0 aromatic carbocycles. The van der Waals surface area contributed by atoms with Gasteiger partial charge in [0, 0.05) is 6.04 Å². The Morgan fingerprint density at radius 2 is 2.08 bits per heavy atom. The molecule has 1 nitrogen and oxygen atoms in total. The molecule has 0 aromatic heterocycles. The molecule has 0 radical (unpaired) electrons. The first-order valence-electron chi connectivity index (χ1n) is 5.56. The molecule has 12 heavy (non-hydrogen) atoms. The highest BCUT2D eigenvalue weighted by molar-refractivity contribution is 4.81. The third-order valence-corrected chi connectivity index (χ3v) is 2.63. The van der Waals surface area contributed by atoms with Gasteiger partial charge in [-0.25, -0.2) is 0 Å². The zero-order valence-corrected chi connectivity index (χ0v) is 8.60. The van der Waals surface area contributed by atoms with E-state index in [9.17, 15) is 0 Å². The summed E-state index contributed by atoms with van der Waals surface area (Å²) in [5, 5.41) is 3.58. The zero-order chi connectivity index (χ0) is 8.81. The van der Waals surface area contributed by atoms with Crippen molar-refractivity contribution in [2.45, 2.75) is 58.4 Å². The van der Waals surface area contributed by atoms with E-state index >= 15 is 0 Å². The maximum Gasteiger partial charge on any atom is 0.00683 e. The summed E-state index contributed by atoms with van der Waals surface area (Å²) in [5.41, 5.74) is 0. The van der Waals surface area contributed by atoms with Crippen LogP contribution in [0.15, 0.2) is 0 Å². The van der Waals surface area contributed by atoms with Crippen molar-refractivity contribution in [3.63, 3.8) is 0 Å². The van der Waals surface area contributed by atoms with Crippen LogP contribution in [0.5, 0.6) is 0 Å². The van der Waals surface area contributed by atoms with Crippen LogP contribution in [0.3, 0.4) is 0 Å². The molecule has 0 heterocycles. The molecule has 1 atom stereocenters. The third-order valence-electron chi connectivity index (χ3n) is 2.63. The Morgan fingerprint density at radius 1 is 1.33 bits per heavy atom. The van der Waals surface area contributed by atoms with Crippen LogP contribution < -0.4 is 5.32 Å². The largest absolute Gasteiger partial charge is 0.314 e. The summed E-state index contributed by atoms with van der Waals surface area (Å²) < 4.78 is 0. The van der Waals surface area contributed by atoms with E-state index in [0.29, 0.717) is 0 Å². The average Bonchev–Trinajstić information content (AvgIpc) is 2.84. The predicted octanol–water partition coefficient (Wildman–Crippen LogP) is 2.95. The third kappa shape index (κ3) is 4.76. The van der Waals surface area contributed by atoms with Gasteiger partial charge in [-0.2, -0.15) is 0 Å². The lowest BCUT2D eigenvalue weighted by molar-refractivity contribution is 0.456. The minimum Gasteiger partial charge on any atom is -0.314 e. The van der Waals surface area contributed by atoms with Crippen molar-refractivity contribution in [2.24, 2.45) is 5.92 Å². The van der Waals surface area contributed by atoms with Crippen LogP contribution in [0.1, 0.15) is 52.4 Å². The molecule has 1 N–H and O–H groups in total. The van der Waals surface area contributed by atoms with Gasteiger partial charge in [0.2, 0.25) is 0 Å². The molecule has 1 aliphatic carbocycles. The molecule has 0 amide bonds. The van der Waals surface area contributed by atoms with E-state index in [1.54, 1.807) is 0 Å². The zero-order valence-electron chi connectivity index (χ0n) is 8.60.